The number of aromatic nitrogens is 3. The normalized spacial score (nSPS) is 17.4. The van der Waals surface area contributed by atoms with Crippen LogP contribution in [0.15, 0.2) is 53.3 Å². The van der Waals surface area contributed by atoms with Crippen LogP contribution in [0.2, 0.25) is 5.02 Å². The molecule has 0 N–H and O–H groups in total. The SMILES string of the molecule is Clc1cccc(Cc2cnc([C@@H]3CCN(c4ncccn4)C3)o2)c1. The van der Waals surface area contributed by atoms with Crippen molar-refractivity contribution in [2.75, 3.05) is 18.0 Å². The Hall–Kier alpha value is -2.40. The molecule has 1 saturated heterocycles. The summed E-state index contributed by atoms with van der Waals surface area (Å²) in [5.74, 6) is 2.71. The summed E-state index contributed by atoms with van der Waals surface area (Å²) in [4.78, 5) is 15.3. The van der Waals surface area contributed by atoms with Crippen LogP contribution in [0.5, 0.6) is 0 Å². The highest BCUT2D eigenvalue weighted by molar-refractivity contribution is 6.30. The Morgan fingerprint density at radius 3 is 2.88 bits per heavy atom. The van der Waals surface area contributed by atoms with Crippen molar-refractivity contribution in [3.8, 4) is 0 Å². The molecule has 3 heterocycles. The van der Waals surface area contributed by atoms with E-state index in [1.54, 1.807) is 12.4 Å². The fourth-order valence-corrected chi connectivity index (χ4v) is 3.25. The monoisotopic (exact) mass is 340 g/mol. The first-order chi connectivity index (χ1) is 11.8. The van der Waals surface area contributed by atoms with Gasteiger partial charge in [0.1, 0.15) is 5.76 Å². The lowest BCUT2D eigenvalue weighted by Crippen LogP contribution is -2.21. The Balaban J connectivity index is 1.44. The maximum Gasteiger partial charge on any atom is 0.225 e. The summed E-state index contributed by atoms with van der Waals surface area (Å²) in [5, 5.41) is 0.738. The number of benzene rings is 1. The molecule has 0 radical (unpaired) electrons. The van der Waals surface area contributed by atoms with Gasteiger partial charge in [-0.2, -0.15) is 0 Å². The van der Waals surface area contributed by atoms with E-state index in [-0.39, 0.29) is 5.92 Å². The standard InChI is InChI=1S/C18H17ClN4O/c19-15-4-1-3-13(9-15)10-16-11-22-17(24-16)14-5-8-23(12-14)18-20-6-2-7-21-18/h1-4,6-7,9,11,14H,5,8,10,12H2/t14-/m1/s1. The van der Waals surface area contributed by atoms with E-state index >= 15 is 0 Å². The fourth-order valence-electron chi connectivity index (χ4n) is 3.04. The number of rotatable bonds is 4. The molecule has 3 aromatic rings. The van der Waals surface area contributed by atoms with E-state index in [0.29, 0.717) is 6.42 Å². The van der Waals surface area contributed by atoms with Crippen molar-refractivity contribution < 1.29 is 4.42 Å². The summed E-state index contributed by atoms with van der Waals surface area (Å²) in [6.45, 7) is 1.75. The molecule has 1 aliphatic heterocycles. The number of anilines is 1. The van der Waals surface area contributed by atoms with Crippen molar-refractivity contribution in [2.45, 2.75) is 18.8 Å². The quantitative estimate of drug-likeness (QED) is 0.724. The van der Waals surface area contributed by atoms with Crippen LogP contribution in [-0.2, 0) is 6.42 Å². The maximum absolute atomic E-state index is 6.03. The van der Waals surface area contributed by atoms with Gasteiger partial charge in [-0.1, -0.05) is 23.7 Å². The van der Waals surface area contributed by atoms with Gasteiger partial charge in [0.05, 0.1) is 12.1 Å². The zero-order valence-electron chi connectivity index (χ0n) is 13.1. The average Bonchev–Trinajstić information content (AvgIpc) is 3.25. The van der Waals surface area contributed by atoms with Gasteiger partial charge in [-0.05, 0) is 30.2 Å². The molecule has 0 unspecified atom stereocenters. The highest BCUT2D eigenvalue weighted by atomic mass is 35.5. The van der Waals surface area contributed by atoms with E-state index in [1.807, 2.05) is 36.5 Å². The number of oxazole rings is 1. The van der Waals surface area contributed by atoms with E-state index in [2.05, 4.69) is 19.9 Å². The van der Waals surface area contributed by atoms with Crippen molar-refractivity contribution >= 4 is 17.5 Å². The van der Waals surface area contributed by atoms with Crippen LogP contribution < -0.4 is 4.90 Å². The Morgan fingerprint density at radius 1 is 1.17 bits per heavy atom. The predicted molar refractivity (Wildman–Crippen MR) is 92.4 cm³/mol. The summed E-state index contributed by atoms with van der Waals surface area (Å²) < 4.78 is 5.97. The van der Waals surface area contributed by atoms with Crippen LogP contribution in [-0.4, -0.2) is 28.0 Å². The Kier molecular flexibility index (Phi) is 4.17. The number of halogens is 1. The lowest BCUT2D eigenvalue weighted by atomic mass is 10.1. The number of nitrogens with zero attached hydrogens (tertiary/aromatic N) is 4. The molecule has 4 rings (SSSR count). The molecule has 5 nitrogen and oxygen atoms in total. The van der Waals surface area contributed by atoms with Gasteiger partial charge in [-0.15, -0.1) is 0 Å². The molecule has 24 heavy (non-hydrogen) atoms. The molecule has 0 saturated carbocycles. The van der Waals surface area contributed by atoms with Crippen molar-refractivity contribution in [3.63, 3.8) is 0 Å². The summed E-state index contributed by atoms with van der Waals surface area (Å²) in [7, 11) is 0. The highest BCUT2D eigenvalue weighted by Crippen LogP contribution is 2.29. The van der Waals surface area contributed by atoms with Crippen molar-refractivity contribution in [3.05, 3.63) is 71.2 Å². The van der Waals surface area contributed by atoms with Crippen LogP contribution in [0.25, 0.3) is 0 Å². The first-order valence-corrected chi connectivity index (χ1v) is 8.37. The molecule has 6 heteroatoms. The van der Waals surface area contributed by atoms with Gasteiger partial charge in [0.25, 0.3) is 0 Å². The molecule has 2 aromatic heterocycles. The minimum atomic E-state index is 0.280. The van der Waals surface area contributed by atoms with E-state index in [0.717, 1.165) is 47.7 Å². The maximum atomic E-state index is 6.03. The van der Waals surface area contributed by atoms with Gasteiger partial charge in [0.2, 0.25) is 5.95 Å². The van der Waals surface area contributed by atoms with Gasteiger partial charge in [-0.25, -0.2) is 15.0 Å². The molecular weight excluding hydrogens is 324 g/mol. The Bertz CT molecular complexity index is 821. The van der Waals surface area contributed by atoms with Gasteiger partial charge < -0.3 is 9.32 Å². The van der Waals surface area contributed by atoms with Gasteiger partial charge in [0.15, 0.2) is 5.89 Å². The predicted octanol–water partition coefficient (Wildman–Crippen LogP) is 3.70. The molecule has 1 aromatic carbocycles. The average molecular weight is 341 g/mol. The largest absolute Gasteiger partial charge is 0.445 e. The van der Waals surface area contributed by atoms with Crippen LogP contribution in [0.4, 0.5) is 5.95 Å². The van der Waals surface area contributed by atoms with E-state index in [9.17, 15) is 0 Å². The Labute approximate surface area is 145 Å². The van der Waals surface area contributed by atoms with Gasteiger partial charge in [0, 0.05) is 36.9 Å². The molecule has 0 amide bonds. The molecule has 1 aliphatic rings. The third-order valence-corrected chi connectivity index (χ3v) is 4.45. The first-order valence-electron chi connectivity index (χ1n) is 7.99. The zero-order valence-corrected chi connectivity index (χ0v) is 13.9. The second kappa shape index (κ2) is 6.61. The van der Waals surface area contributed by atoms with Crippen LogP contribution in [0.3, 0.4) is 0 Å². The summed E-state index contributed by atoms with van der Waals surface area (Å²) >= 11 is 6.03. The summed E-state index contributed by atoms with van der Waals surface area (Å²) in [6.07, 6.45) is 7.05. The van der Waals surface area contributed by atoms with Crippen molar-refractivity contribution in [1.82, 2.24) is 15.0 Å². The summed E-state index contributed by atoms with van der Waals surface area (Å²) in [6, 6.07) is 9.64. The minimum Gasteiger partial charge on any atom is -0.445 e. The number of hydrogen-bond donors (Lipinski definition) is 0. The topological polar surface area (TPSA) is 55.1 Å². The van der Waals surface area contributed by atoms with Crippen LogP contribution >= 0.6 is 11.6 Å². The molecule has 0 bridgehead atoms. The minimum absolute atomic E-state index is 0.280. The Morgan fingerprint density at radius 2 is 2.04 bits per heavy atom. The van der Waals surface area contributed by atoms with Crippen molar-refractivity contribution in [1.29, 1.82) is 0 Å². The molecule has 0 spiro atoms. The lowest BCUT2D eigenvalue weighted by Gasteiger charge is -2.14. The zero-order chi connectivity index (χ0) is 16.4. The number of hydrogen-bond acceptors (Lipinski definition) is 5. The second-order valence-electron chi connectivity index (χ2n) is 5.95. The lowest BCUT2D eigenvalue weighted by molar-refractivity contribution is 0.433. The highest BCUT2D eigenvalue weighted by Gasteiger charge is 2.28. The van der Waals surface area contributed by atoms with E-state index in [4.69, 9.17) is 16.0 Å². The van der Waals surface area contributed by atoms with E-state index < -0.39 is 0 Å². The fraction of sp³-hybridized carbons (Fsp3) is 0.278. The second-order valence-corrected chi connectivity index (χ2v) is 6.39. The smallest absolute Gasteiger partial charge is 0.225 e. The molecule has 122 valence electrons. The summed E-state index contributed by atoms with van der Waals surface area (Å²) in [5.41, 5.74) is 1.12. The third-order valence-electron chi connectivity index (χ3n) is 4.21. The van der Waals surface area contributed by atoms with Gasteiger partial charge >= 0.3 is 0 Å². The third kappa shape index (κ3) is 3.26. The van der Waals surface area contributed by atoms with Gasteiger partial charge in [-0.3, -0.25) is 0 Å². The van der Waals surface area contributed by atoms with Crippen LogP contribution in [0.1, 0.15) is 29.6 Å². The molecule has 0 aliphatic carbocycles. The van der Waals surface area contributed by atoms with Crippen LogP contribution in [0, 0.1) is 0 Å². The molecule has 1 fully saturated rings. The molecule has 1 atom stereocenters. The van der Waals surface area contributed by atoms with Crippen molar-refractivity contribution in [2.24, 2.45) is 0 Å². The molecular formula is C18H17ClN4O. The van der Waals surface area contributed by atoms with E-state index in [1.165, 1.54) is 0 Å². The first kappa shape index (κ1) is 15.1.